The molecular weight excluding hydrogens is 599 g/mol. The van der Waals surface area contributed by atoms with Crippen LogP contribution in [0.1, 0.15) is 129 Å². The number of carbonyl (C=O) groups excluding carboxylic acids is 2. The van der Waals surface area contributed by atoms with E-state index in [2.05, 4.69) is 47.9 Å². The molecular formula is C34H61O10P. The van der Waals surface area contributed by atoms with Gasteiger partial charge in [0.25, 0.3) is 0 Å². The van der Waals surface area contributed by atoms with Crippen LogP contribution in [0.3, 0.4) is 0 Å². The van der Waals surface area contributed by atoms with Gasteiger partial charge in [0.1, 0.15) is 12.7 Å². The van der Waals surface area contributed by atoms with Crippen molar-refractivity contribution in [2.24, 2.45) is 0 Å². The summed E-state index contributed by atoms with van der Waals surface area (Å²) in [5.74, 6) is -0.972. The number of phosphoric ester groups is 1. The molecule has 0 aromatic rings. The molecule has 10 nitrogen and oxygen atoms in total. The number of unbranched alkanes of at least 4 members (excludes halogenated alkanes) is 11. The highest BCUT2D eigenvalue weighted by Gasteiger charge is 2.27. The van der Waals surface area contributed by atoms with Crippen molar-refractivity contribution in [1.29, 1.82) is 0 Å². The molecule has 0 fully saturated rings. The number of ether oxygens (including phenoxy) is 2. The summed E-state index contributed by atoms with van der Waals surface area (Å²) in [4.78, 5) is 34.2. The Hall–Kier alpha value is -1.81. The summed E-state index contributed by atoms with van der Waals surface area (Å²) in [6.45, 7) is 2.10. The maximum Gasteiger partial charge on any atom is 0.472 e. The monoisotopic (exact) mass is 660 g/mol. The average Bonchev–Trinajstić information content (AvgIpc) is 3.02. The molecule has 0 bridgehead atoms. The van der Waals surface area contributed by atoms with Crippen LogP contribution in [-0.4, -0.2) is 65.7 Å². The lowest BCUT2D eigenvalue weighted by Gasteiger charge is -2.20. The van der Waals surface area contributed by atoms with E-state index in [9.17, 15) is 24.2 Å². The third kappa shape index (κ3) is 30.6. The number of esters is 2. The summed E-state index contributed by atoms with van der Waals surface area (Å²) >= 11 is 0. The summed E-state index contributed by atoms with van der Waals surface area (Å²) in [5.41, 5.74) is 0. The molecule has 45 heavy (non-hydrogen) atoms. The molecule has 0 heterocycles. The van der Waals surface area contributed by atoms with E-state index >= 15 is 0 Å². The predicted octanol–water partition coefficient (Wildman–Crippen LogP) is 7.66. The molecule has 11 heteroatoms. The summed E-state index contributed by atoms with van der Waals surface area (Å²) in [6.07, 6.45) is 27.8. The summed E-state index contributed by atoms with van der Waals surface area (Å²) in [6, 6.07) is 0. The Morgan fingerprint density at radius 2 is 1.16 bits per heavy atom. The van der Waals surface area contributed by atoms with Gasteiger partial charge in [-0.1, -0.05) is 102 Å². The minimum atomic E-state index is -4.60. The van der Waals surface area contributed by atoms with Crippen LogP contribution in [0.25, 0.3) is 0 Å². The number of allylic oxidation sites excluding steroid dienone is 6. The summed E-state index contributed by atoms with van der Waals surface area (Å²) in [5, 5.41) is 18.1. The fraction of sp³-hybridized carbons (Fsp3) is 0.765. The molecule has 0 aromatic carbocycles. The van der Waals surface area contributed by atoms with Gasteiger partial charge in [0.05, 0.1) is 19.8 Å². The molecule has 0 radical (unpaired) electrons. The number of rotatable bonds is 31. The van der Waals surface area contributed by atoms with Gasteiger partial charge in [-0.05, 0) is 51.4 Å². The van der Waals surface area contributed by atoms with Gasteiger partial charge in [0.2, 0.25) is 0 Å². The van der Waals surface area contributed by atoms with Crippen LogP contribution in [0.5, 0.6) is 0 Å². The molecule has 0 saturated carbocycles. The largest absolute Gasteiger partial charge is 0.472 e. The van der Waals surface area contributed by atoms with Crippen molar-refractivity contribution >= 4 is 19.8 Å². The van der Waals surface area contributed by atoms with Crippen LogP contribution in [-0.2, 0) is 32.7 Å². The second-order valence-electron chi connectivity index (χ2n) is 11.2. The van der Waals surface area contributed by atoms with Crippen molar-refractivity contribution in [3.05, 3.63) is 36.5 Å². The van der Waals surface area contributed by atoms with Crippen LogP contribution < -0.4 is 0 Å². The lowest BCUT2D eigenvalue weighted by atomic mass is 10.1. The highest BCUT2D eigenvalue weighted by molar-refractivity contribution is 7.47. The van der Waals surface area contributed by atoms with Crippen molar-refractivity contribution in [3.8, 4) is 0 Å². The van der Waals surface area contributed by atoms with Crippen LogP contribution in [0.2, 0.25) is 0 Å². The maximum absolute atomic E-state index is 12.4. The smallest absolute Gasteiger partial charge is 0.462 e. The molecule has 262 valence electrons. The first-order valence-corrected chi connectivity index (χ1v) is 18.4. The molecule has 3 N–H and O–H groups in total. The van der Waals surface area contributed by atoms with E-state index in [1.165, 1.54) is 25.7 Å². The molecule has 0 aromatic heterocycles. The topological polar surface area (TPSA) is 149 Å². The maximum atomic E-state index is 12.4. The van der Waals surface area contributed by atoms with Gasteiger partial charge in [-0.3, -0.25) is 18.6 Å². The van der Waals surface area contributed by atoms with Gasteiger partial charge in [-0.15, -0.1) is 0 Å². The van der Waals surface area contributed by atoms with Crippen molar-refractivity contribution in [3.63, 3.8) is 0 Å². The Kier molecular flexibility index (Phi) is 29.6. The number of hydrogen-bond acceptors (Lipinski definition) is 9. The first-order valence-electron chi connectivity index (χ1n) is 16.9. The van der Waals surface area contributed by atoms with E-state index in [4.69, 9.17) is 19.1 Å². The average molecular weight is 661 g/mol. The molecule has 0 aliphatic carbocycles. The van der Waals surface area contributed by atoms with E-state index < -0.39 is 51.8 Å². The van der Waals surface area contributed by atoms with Gasteiger partial charge in [0.15, 0.2) is 6.10 Å². The summed E-state index contributed by atoms with van der Waals surface area (Å²) < 4.78 is 32.1. The van der Waals surface area contributed by atoms with E-state index in [-0.39, 0.29) is 19.4 Å². The predicted molar refractivity (Wildman–Crippen MR) is 178 cm³/mol. The van der Waals surface area contributed by atoms with Crippen LogP contribution >= 0.6 is 7.82 Å². The minimum absolute atomic E-state index is 0.168. The molecule has 0 saturated heterocycles. The quantitative estimate of drug-likeness (QED) is 0.0293. The second-order valence-corrected chi connectivity index (χ2v) is 12.6. The number of carbonyl (C=O) groups is 2. The summed E-state index contributed by atoms with van der Waals surface area (Å²) in [7, 11) is -4.60. The molecule has 3 unspecified atom stereocenters. The Bertz CT molecular complexity index is 858. The van der Waals surface area contributed by atoms with Gasteiger partial charge >= 0.3 is 19.8 Å². The minimum Gasteiger partial charge on any atom is -0.462 e. The first-order chi connectivity index (χ1) is 21.7. The Labute approximate surface area is 271 Å². The lowest BCUT2D eigenvalue weighted by Crippen LogP contribution is -2.29. The molecule has 3 atom stereocenters. The SMILES string of the molecule is CCCCC/C=C\C/C=C\C/C=C\CCCCCCCCC(=O)OC(COC(=O)CCCCC)COP(=O)(O)OCC(O)CO. The van der Waals surface area contributed by atoms with Gasteiger partial charge in [0, 0.05) is 12.8 Å². The van der Waals surface area contributed by atoms with Gasteiger partial charge in [-0.2, -0.15) is 0 Å². The Morgan fingerprint density at radius 1 is 0.667 bits per heavy atom. The van der Waals surface area contributed by atoms with Crippen LogP contribution in [0.15, 0.2) is 36.5 Å². The third-order valence-electron chi connectivity index (χ3n) is 6.80. The normalized spacial score (nSPS) is 14.7. The molecule has 0 aliphatic rings. The lowest BCUT2D eigenvalue weighted by molar-refractivity contribution is -0.161. The first kappa shape index (κ1) is 43.2. The number of aliphatic hydroxyl groups excluding tert-OH is 2. The number of hydrogen-bond donors (Lipinski definition) is 3. The van der Waals surface area contributed by atoms with Crippen molar-refractivity contribution in [2.75, 3.05) is 26.4 Å². The molecule has 0 rings (SSSR count). The van der Waals surface area contributed by atoms with E-state index in [0.717, 1.165) is 64.2 Å². The molecule has 0 amide bonds. The number of aliphatic hydroxyl groups is 2. The van der Waals surface area contributed by atoms with E-state index in [1.54, 1.807) is 0 Å². The number of phosphoric acid groups is 1. The van der Waals surface area contributed by atoms with E-state index in [0.29, 0.717) is 12.8 Å². The van der Waals surface area contributed by atoms with Gasteiger partial charge in [-0.25, -0.2) is 4.57 Å². The third-order valence-corrected chi connectivity index (χ3v) is 7.75. The standard InChI is InChI=1S/C34H61O10P/c1-3-5-7-8-9-10-11-12-13-14-15-16-17-18-19-20-21-22-24-26-34(38)44-32(29-41-33(37)25-23-6-4-2)30-43-45(39,40)42-28-31(36)27-35/h9-10,12-13,15-16,31-32,35-36H,3-8,11,14,17-30H2,1-2H3,(H,39,40)/b10-9-,13-12-,16-15-. The van der Waals surface area contributed by atoms with Crippen molar-refractivity contribution in [1.82, 2.24) is 0 Å². The van der Waals surface area contributed by atoms with Crippen molar-refractivity contribution < 1.29 is 47.8 Å². The Morgan fingerprint density at radius 3 is 1.78 bits per heavy atom. The zero-order chi connectivity index (χ0) is 33.4. The van der Waals surface area contributed by atoms with E-state index in [1.807, 2.05) is 6.92 Å². The zero-order valence-corrected chi connectivity index (χ0v) is 28.7. The fourth-order valence-corrected chi connectivity index (χ4v) is 4.90. The fourth-order valence-electron chi connectivity index (χ4n) is 4.11. The van der Waals surface area contributed by atoms with Crippen LogP contribution in [0, 0.1) is 0 Å². The Balaban J connectivity index is 4.21. The zero-order valence-electron chi connectivity index (χ0n) is 27.8. The van der Waals surface area contributed by atoms with Crippen molar-refractivity contribution in [2.45, 2.75) is 142 Å². The molecule has 0 spiro atoms. The second kappa shape index (κ2) is 30.8. The molecule has 0 aliphatic heterocycles. The van der Waals surface area contributed by atoms with Crippen LogP contribution in [0.4, 0.5) is 0 Å². The highest BCUT2D eigenvalue weighted by Crippen LogP contribution is 2.43. The highest BCUT2D eigenvalue weighted by atomic mass is 31.2. The van der Waals surface area contributed by atoms with Gasteiger partial charge < -0.3 is 24.6 Å².